The number of benzene rings is 1. The van der Waals surface area contributed by atoms with Gasteiger partial charge in [-0.15, -0.1) is 0 Å². The number of halogens is 2. The van der Waals surface area contributed by atoms with Crippen molar-refractivity contribution >= 4 is 34.7 Å². The fourth-order valence-corrected chi connectivity index (χ4v) is 2.77. The minimum Gasteiger partial charge on any atom is -0.366 e. The molecule has 2 N–H and O–H groups in total. The highest BCUT2D eigenvalue weighted by Gasteiger charge is 2.32. The van der Waals surface area contributed by atoms with Gasteiger partial charge in [0, 0.05) is 11.1 Å². The molecular formula is C15H15Cl2NO. The summed E-state index contributed by atoms with van der Waals surface area (Å²) in [6.45, 7) is 1.85. The van der Waals surface area contributed by atoms with Crippen molar-refractivity contribution in [1.82, 2.24) is 0 Å². The molecule has 0 spiro atoms. The second kappa shape index (κ2) is 5.81. The van der Waals surface area contributed by atoms with E-state index in [2.05, 4.69) is 0 Å². The van der Waals surface area contributed by atoms with Crippen LogP contribution in [-0.4, -0.2) is 5.91 Å². The van der Waals surface area contributed by atoms with E-state index in [-0.39, 0.29) is 16.3 Å². The van der Waals surface area contributed by atoms with Crippen molar-refractivity contribution in [3.8, 4) is 0 Å². The molecule has 0 heterocycles. The maximum Gasteiger partial charge on any atom is 0.245 e. The molecule has 1 amide bonds. The highest BCUT2D eigenvalue weighted by atomic mass is 35.5. The Balaban J connectivity index is 2.55. The SMILES string of the molecule is CC(C(=C(Cl)Cl)c1ccccc1)=C(C(N)=O)C1CC1. The highest BCUT2D eigenvalue weighted by Crippen LogP contribution is 2.42. The lowest BCUT2D eigenvalue weighted by atomic mass is 9.94. The highest BCUT2D eigenvalue weighted by molar-refractivity contribution is 6.59. The zero-order valence-corrected chi connectivity index (χ0v) is 12.1. The second-order valence-electron chi connectivity index (χ2n) is 4.68. The number of carbonyl (C=O) groups excluding carboxylic acids is 1. The monoisotopic (exact) mass is 295 g/mol. The number of nitrogens with two attached hydrogens (primary N) is 1. The molecule has 2 rings (SSSR count). The summed E-state index contributed by atoms with van der Waals surface area (Å²) in [5.41, 5.74) is 8.49. The van der Waals surface area contributed by atoms with Crippen molar-refractivity contribution in [3.63, 3.8) is 0 Å². The Hall–Kier alpha value is -1.25. The molecule has 1 saturated carbocycles. The summed E-state index contributed by atoms with van der Waals surface area (Å²) in [7, 11) is 0. The lowest BCUT2D eigenvalue weighted by molar-refractivity contribution is -0.114. The van der Waals surface area contributed by atoms with Crippen LogP contribution < -0.4 is 5.73 Å². The van der Waals surface area contributed by atoms with Crippen molar-refractivity contribution < 1.29 is 4.79 Å². The van der Waals surface area contributed by atoms with Crippen LogP contribution in [0.4, 0.5) is 0 Å². The van der Waals surface area contributed by atoms with Crippen LogP contribution in [0, 0.1) is 5.92 Å². The third kappa shape index (κ3) is 3.20. The largest absolute Gasteiger partial charge is 0.366 e. The molecule has 1 aliphatic rings. The van der Waals surface area contributed by atoms with E-state index in [1.807, 2.05) is 37.3 Å². The fraction of sp³-hybridized carbons (Fsp3) is 0.267. The molecule has 4 heteroatoms. The first-order valence-electron chi connectivity index (χ1n) is 6.14. The van der Waals surface area contributed by atoms with Crippen LogP contribution in [0.15, 0.2) is 46.0 Å². The average molecular weight is 296 g/mol. The predicted molar refractivity (Wildman–Crippen MR) is 79.7 cm³/mol. The van der Waals surface area contributed by atoms with E-state index >= 15 is 0 Å². The molecule has 1 aromatic rings. The molecule has 0 saturated heterocycles. The van der Waals surface area contributed by atoms with Crippen molar-refractivity contribution in [2.75, 3.05) is 0 Å². The standard InChI is InChI=1S/C15H15Cl2NO/c1-9(13(15(18)19)11-7-8-11)12(14(16)17)10-5-3-2-4-6-10/h2-6,11H,7-8H2,1H3,(H2,18,19). The van der Waals surface area contributed by atoms with Crippen LogP contribution in [0.5, 0.6) is 0 Å². The molecule has 0 bridgehead atoms. The Morgan fingerprint density at radius 2 is 1.79 bits per heavy atom. The number of hydrogen-bond donors (Lipinski definition) is 1. The smallest absolute Gasteiger partial charge is 0.245 e. The molecule has 0 aliphatic heterocycles. The molecular weight excluding hydrogens is 281 g/mol. The zero-order chi connectivity index (χ0) is 14.0. The molecule has 0 unspecified atom stereocenters. The average Bonchev–Trinajstić information content (AvgIpc) is 3.14. The van der Waals surface area contributed by atoms with Crippen LogP contribution in [-0.2, 0) is 4.79 Å². The van der Waals surface area contributed by atoms with Crippen LogP contribution in [0.3, 0.4) is 0 Å². The first-order chi connectivity index (χ1) is 9.02. The van der Waals surface area contributed by atoms with E-state index < -0.39 is 0 Å². The van der Waals surface area contributed by atoms with E-state index in [1.165, 1.54) is 0 Å². The summed E-state index contributed by atoms with van der Waals surface area (Å²) in [4.78, 5) is 11.6. The van der Waals surface area contributed by atoms with E-state index in [1.54, 1.807) is 0 Å². The van der Waals surface area contributed by atoms with Gasteiger partial charge in [0.05, 0.1) is 0 Å². The summed E-state index contributed by atoms with van der Waals surface area (Å²) in [5, 5.41) is 0. The fourth-order valence-electron chi connectivity index (χ4n) is 2.27. The summed E-state index contributed by atoms with van der Waals surface area (Å²) >= 11 is 12.0. The molecule has 19 heavy (non-hydrogen) atoms. The van der Waals surface area contributed by atoms with E-state index in [0.29, 0.717) is 11.1 Å². The number of primary amides is 1. The van der Waals surface area contributed by atoms with Gasteiger partial charge in [-0.3, -0.25) is 4.79 Å². The normalized spacial score (nSPS) is 15.7. The third-order valence-electron chi connectivity index (χ3n) is 3.28. The van der Waals surface area contributed by atoms with Crippen LogP contribution in [0.1, 0.15) is 25.3 Å². The number of rotatable bonds is 4. The number of hydrogen-bond acceptors (Lipinski definition) is 1. The Morgan fingerprint density at radius 3 is 2.21 bits per heavy atom. The minimum atomic E-state index is -0.386. The Labute approximate surface area is 122 Å². The number of amides is 1. The molecule has 0 atom stereocenters. The summed E-state index contributed by atoms with van der Waals surface area (Å²) < 4.78 is 0.156. The van der Waals surface area contributed by atoms with Gasteiger partial charge in [0.2, 0.25) is 5.91 Å². The summed E-state index contributed by atoms with van der Waals surface area (Å²) in [6.07, 6.45) is 2.00. The minimum absolute atomic E-state index is 0.156. The predicted octanol–water partition coefficient (Wildman–Crippen LogP) is 4.04. The van der Waals surface area contributed by atoms with Crippen molar-refractivity contribution in [3.05, 3.63) is 51.5 Å². The molecule has 1 aromatic carbocycles. The van der Waals surface area contributed by atoms with Crippen LogP contribution in [0.25, 0.3) is 5.57 Å². The molecule has 1 fully saturated rings. The van der Waals surface area contributed by atoms with Gasteiger partial charge >= 0.3 is 0 Å². The Kier molecular flexibility index (Phi) is 4.33. The molecule has 1 aliphatic carbocycles. The third-order valence-corrected chi connectivity index (χ3v) is 3.66. The molecule has 2 nitrogen and oxygen atoms in total. The van der Waals surface area contributed by atoms with E-state index in [9.17, 15) is 4.79 Å². The number of allylic oxidation sites excluding steroid dienone is 2. The first kappa shape index (κ1) is 14.2. The van der Waals surface area contributed by atoms with Gasteiger partial charge in [-0.1, -0.05) is 53.5 Å². The first-order valence-corrected chi connectivity index (χ1v) is 6.89. The molecule has 0 aromatic heterocycles. The number of carbonyl (C=O) groups is 1. The van der Waals surface area contributed by atoms with Gasteiger partial charge in [-0.25, -0.2) is 0 Å². The quantitative estimate of drug-likeness (QED) is 0.661. The van der Waals surface area contributed by atoms with Crippen LogP contribution >= 0.6 is 23.2 Å². The Bertz CT molecular complexity index is 553. The summed E-state index contributed by atoms with van der Waals surface area (Å²) in [6, 6.07) is 9.54. The van der Waals surface area contributed by atoms with Crippen LogP contribution in [0.2, 0.25) is 0 Å². The Morgan fingerprint density at radius 1 is 1.21 bits per heavy atom. The van der Waals surface area contributed by atoms with Gasteiger partial charge in [0.25, 0.3) is 0 Å². The van der Waals surface area contributed by atoms with Crippen molar-refractivity contribution in [1.29, 1.82) is 0 Å². The van der Waals surface area contributed by atoms with Crippen molar-refractivity contribution in [2.45, 2.75) is 19.8 Å². The topological polar surface area (TPSA) is 43.1 Å². The van der Waals surface area contributed by atoms with E-state index in [4.69, 9.17) is 28.9 Å². The maximum atomic E-state index is 11.6. The van der Waals surface area contributed by atoms with Gasteiger partial charge in [0.1, 0.15) is 4.49 Å². The molecule has 100 valence electrons. The van der Waals surface area contributed by atoms with Gasteiger partial charge in [-0.05, 0) is 36.8 Å². The molecule has 0 radical (unpaired) electrons. The van der Waals surface area contributed by atoms with Gasteiger partial charge < -0.3 is 5.73 Å². The maximum absolute atomic E-state index is 11.6. The van der Waals surface area contributed by atoms with Gasteiger partial charge in [0.15, 0.2) is 0 Å². The summed E-state index contributed by atoms with van der Waals surface area (Å²) in [5.74, 6) is -0.132. The van der Waals surface area contributed by atoms with E-state index in [0.717, 1.165) is 24.0 Å². The van der Waals surface area contributed by atoms with Crippen molar-refractivity contribution in [2.24, 2.45) is 11.7 Å². The second-order valence-corrected chi connectivity index (χ2v) is 5.63. The lowest BCUT2D eigenvalue weighted by Crippen LogP contribution is -2.17. The lowest BCUT2D eigenvalue weighted by Gasteiger charge is -2.13. The zero-order valence-electron chi connectivity index (χ0n) is 10.6. The van der Waals surface area contributed by atoms with Gasteiger partial charge in [-0.2, -0.15) is 0 Å².